The van der Waals surface area contributed by atoms with E-state index >= 15 is 0 Å². The maximum atomic E-state index is 13.5. The van der Waals surface area contributed by atoms with Crippen LogP contribution >= 0.6 is 0 Å². The third-order valence-electron chi connectivity index (χ3n) is 6.81. The van der Waals surface area contributed by atoms with Crippen LogP contribution in [0.4, 0.5) is 0 Å². The van der Waals surface area contributed by atoms with Crippen molar-refractivity contribution in [1.29, 1.82) is 0 Å². The van der Waals surface area contributed by atoms with Gasteiger partial charge in [-0.3, -0.25) is 19.2 Å². The van der Waals surface area contributed by atoms with Crippen LogP contribution in [0.5, 0.6) is 0 Å². The predicted molar refractivity (Wildman–Crippen MR) is 151 cm³/mol. The van der Waals surface area contributed by atoms with Crippen molar-refractivity contribution in [2.45, 2.75) is 66.2 Å². The van der Waals surface area contributed by atoms with Gasteiger partial charge in [-0.25, -0.2) is 0 Å². The fraction of sp³-hybridized carbons (Fsp3) is 0.500. The predicted octanol–water partition coefficient (Wildman–Crippen LogP) is 5.16. The van der Waals surface area contributed by atoms with Gasteiger partial charge in [-0.15, -0.1) is 0 Å². The highest BCUT2D eigenvalue weighted by Gasteiger charge is 2.50. The van der Waals surface area contributed by atoms with Crippen LogP contribution in [0, 0.1) is 11.8 Å². The molecule has 8 nitrogen and oxygen atoms in total. The number of carbonyl (C=O) groups excluding carboxylic acids is 4. The molecule has 0 aliphatic carbocycles. The second-order valence-corrected chi connectivity index (χ2v) is 9.21. The maximum Gasteiger partial charge on any atom is 0.320 e. The summed E-state index contributed by atoms with van der Waals surface area (Å²) in [5.41, 5.74) is 3.24. The Kier molecular flexibility index (Phi) is 13.4. The summed E-state index contributed by atoms with van der Waals surface area (Å²) in [7, 11) is 0. The molecule has 2 rings (SSSR count). The number of hydrogen-bond donors (Lipinski definition) is 0. The Balaban J connectivity index is 2.97. The second-order valence-electron chi connectivity index (χ2n) is 9.21. The van der Waals surface area contributed by atoms with Crippen molar-refractivity contribution in [2.24, 2.45) is 11.8 Å². The smallest absolute Gasteiger partial charge is 0.320 e. The maximum absolute atomic E-state index is 13.5. The molecule has 8 heteroatoms. The number of aryl methyl sites for hydroxylation is 2. The SMILES string of the molecule is CCOC(=O)C(C(=O)OCC)[C@@H](c1ccc(CC)cc1)[C@@H](c1ccc(CC)cc1)C(C(=O)OCC)C(=O)OCC. The number of benzene rings is 2. The molecule has 2 aromatic carbocycles. The molecule has 2 aromatic rings. The first kappa shape index (κ1) is 32.5. The van der Waals surface area contributed by atoms with Gasteiger partial charge in [-0.1, -0.05) is 62.4 Å². The summed E-state index contributed by atoms with van der Waals surface area (Å²) in [6.07, 6.45) is 1.56. The largest absolute Gasteiger partial charge is 0.465 e. The zero-order valence-electron chi connectivity index (χ0n) is 24.4. The molecule has 0 saturated heterocycles. The van der Waals surface area contributed by atoms with Gasteiger partial charge in [0.25, 0.3) is 0 Å². The summed E-state index contributed by atoms with van der Waals surface area (Å²) in [4.78, 5) is 54.0. The summed E-state index contributed by atoms with van der Waals surface area (Å²) in [5, 5.41) is 0. The first-order chi connectivity index (χ1) is 19.3. The van der Waals surface area contributed by atoms with Crippen molar-refractivity contribution in [3.63, 3.8) is 0 Å². The lowest BCUT2D eigenvalue weighted by Crippen LogP contribution is -2.42. The molecule has 0 heterocycles. The van der Waals surface area contributed by atoms with Crippen molar-refractivity contribution in [3.8, 4) is 0 Å². The molecule has 0 aromatic heterocycles. The Bertz CT molecular complexity index is 981. The lowest BCUT2D eigenvalue weighted by atomic mass is 9.68. The molecule has 0 N–H and O–H groups in total. The Labute approximate surface area is 237 Å². The van der Waals surface area contributed by atoms with Crippen molar-refractivity contribution in [2.75, 3.05) is 26.4 Å². The van der Waals surface area contributed by atoms with E-state index in [0.29, 0.717) is 11.1 Å². The average molecular weight is 555 g/mol. The minimum Gasteiger partial charge on any atom is -0.465 e. The van der Waals surface area contributed by atoms with Crippen molar-refractivity contribution >= 4 is 23.9 Å². The van der Waals surface area contributed by atoms with Crippen LogP contribution in [0.25, 0.3) is 0 Å². The second kappa shape index (κ2) is 16.4. The third-order valence-corrected chi connectivity index (χ3v) is 6.81. The molecule has 0 unspecified atom stereocenters. The van der Waals surface area contributed by atoms with E-state index < -0.39 is 47.5 Å². The molecular formula is C32H42O8. The molecule has 0 aliphatic rings. The molecule has 0 fully saturated rings. The van der Waals surface area contributed by atoms with E-state index in [-0.39, 0.29) is 26.4 Å². The summed E-state index contributed by atoms with van der Waals surface area (Å²) >= 11 is 0. The lowest BCUT2D eigenvalue weighted by molar-refractivity contribution is -0.169. The number of rotatable bonds is 15. The fourth-order valence-corrected chi connectivity index (χ4v) is 4.87. The van der Waals surface area contributed by atoms with Crippen molar-refractivity contribution in [1.82, 2.24) is 0 Å². The first-order valence-corrected chi connectivity index (χ1v) is 14.1. The molecule has 0 bridgehead atoms. The topological polar surface area (TPSA) is 105 Å². The minimum atomic E-state index is -1.46. The number of hydrogen-bond acceptors (Lipinski definition) is 8. The van der Waals surface area contributed by atoms with Gasteiger partial charge in [0.15, 0.2) is 11.8 Å². The highest BCUT2D eigenvalue weighted by atomic mass is 16.6. The van der Waals surface area contributed by atoms with Gasteiger partial charge >= 0.3 is 23.9 Å². The monoisotopic (exact) mass is 554 g/mol. The lowest BCUT2D eigenvalue weighted by Gasteiger charge is -2.35. The van der Waals surface area contributed by atoms with Crippen LogP contribution in [-0.4, -0.2) is 50.3 Å². The molecule has 0 amide bonds. The molecule has 40 heavy (non-hydrogen) atoms. The molecule has 218 valence electrons. The summed E-state index contributed by atoms with van der Waals surface area (Å²) in [6.45, 7) is 10.7. The van der Waals surface area contributed by atoms with E-state index in [1.165, 1.54) is 0 Å². The molecule has 0 radical (unpaired) electrons. The number of esters is 4. The molecule has 2 atom stereocenters. The van der Waals surface area contributed by atoms with Gasteiger partial charge < -0.3 is 18.9 Å². The van der Waals surface area contributed by atoms with Crippen LogP contribution in [0.3, 0.4) is 0 Å². The normalized spacial score (nSPS) is 12.5. The van der Waals surface area contributed by atoms with Gasteiger partial charge in [0.05, 0.1) is 26.4 Å². The van der Waals surface area contributed by atoms with E-state index in [9.17, 15) is 19.2 Å². The molecule has 0 aliphatic heterocycles. The van der Waals surface area contributed by atoms with E-state index in [4.69, 9.17) is 18.9 Å². The molecule has 0 saturated carbocycles. The number of carbonyl (C=O) groups is 4. The Morgan fingerprint density at radius 1 is 0.475 bits per heavy atom. The third kappa shape index (κ3) is 8.16. The van der Waals surface area contributed by atoms with Gasteiger partial charge in [0, 0.05) is 11.8 Å². The quantitative estimate of drug-likeness (QED) is 0.169. The highest BCUT2D eigenvalue weighted by Crippen LogP contribution is 2.45. The van der Waals surface area contributed by atoms with Gasteiger partial charge in [-0.2, -0.15) is 0 Å². The highest BCUT2D eigenvalue weighted by molar-refractivity contribution is 5.99. The standard InChI is InChI=1S/C32H42O8/c1-7-21-13-17-23(18-14-21)25(27(29(33)37-9-3)30(34)38-10-4)26(24-19-15-22(8-2)16-20-24)28(31(35)39-11-5)32(36)40-12-6/h13-20,25-28H,7-12H2,1-6H3/t25-,26+. The van der Waals surface area contributed by atoms with Crippen molar-refractivity contribution in [3.05, 3.63) is 70.8 Å². The first-order valence-electron chi connectivity index (χ1n) is 14.1. The Morgan fingerprint density at radius 2 is 0.725 bits per heavy atom. The average Bonchev–Trinajstić information content (AvgIpc) is 2.95. The van der Waals surface area contributed by atoms with E-state index in [1.807, 2.05) is 62.4 Å². The zero-order chi connectivity index (χ0) is 29.7. The van der Waals surface area contributed by atoms with Crippen LogP contribution < -0.4 is 0 Å². The van der Waals surface area contributed by atoms with E-state index in [1.54, 1.807) is 27.7 Å². The Hall–Kier alpha value is -3.68. The minimum absolute atomic E-state index is 0.0330. The fourth-order valence-electron chi connectivity index (χ4n) is 4.87. The van der Waals surface area contributed by atoms with E-state index in [2.05, 4.69) is 0 Å². The van der Waals surface area contributed by atoms with Gasteiger partial charge in [0.2, 0.25) is 0 Å². The Morgan fingerprint density at radius 3 is 0.925 bits per heavy atom. The van der Waals surface area contributed by atoms with Crippen molar-refractivity contribution < 1.29 is 38.1 Å². The summed E-state index contributed by atoms with van der Waals surface area (Å²) < 4.78 is 21.5. The van der Waals surface area contributed by atoms with E-state index in [0.717, 1.165) is 24.0 Å². The van der Waals surface area contributed by atoms with Crippen LogP contribution in [0.1, 0.15) is 75.6 Å². The zero-order valence-corrected chi connectivity index (χ0v) is 24.4. The molecule has 0 spiro atoms. The van der Waals surface area contributed by atoms with Crippen LogP contribution in [0.2, 0.25) is 0 Å². The van der Waals surface area contributed by atoms with Gasteiger partial charge in [0.1, 0.15) is 0 Å². The summed E-state index contributed by atoms with van der Waals surface area (Å²) in [5.74, 6) is -8.16. The van der Waals surface area contributed by atoms with Gasteiger partial charge in [-0.05, 0) is 62.8 Å². The van der Waals surface area contributed by atoms with Crippen LogP contribution in [-0.2, 0) is 51.0 Å². The number of ether oxygens (including phenoxy) is 4. The van der Waals surface area contributed by atoms with Crippen LogP contribution in [0.15, 0.2) is 48.5 Å². The molecular weight excluding hydrogens is 512 g/mol. The summed E-state index contributed by atoms with van der Waals surface area (Å²) in [6, 6.07) is 14.9.